The van der Waals surface area contributed by atoms with E-state index < -0.39 is 5.97 Å². The minimum atomic E-state index is -0.925. The van der Waals surface area contributed by atoms with E-state index in [0.717, 1.165) is 22.3 Å². The molecule has 3 heteroatoms. The van der Waals surface area contributed by atoms with Crippen molar-refractivity contribution in [1.29, 1.82) is 0 Å². The predicted molar refractivity (Wildman–Crippen MR) is 68.6 cm³/mol. The number of carboxylic acid groups (broad SMARTS) is 1. The molecule has 3 rings (SSSR count). The van der Waals surface area contributed by atoms with Gasteiger partial charge in [0.1, 0.15) is 11.3 Å². The number of para-hydroxylation sites is 1. The Labute approximate surface area is 103 Å². The highest BCUT2D eigenvalue weighted by Crippen LogP contribution is 2.27. The fourth-order valence-electron chi connectivity index (χ4n) is 1.90. The fraction of sp³-hybridized carbons (Fsp3) is 0. The van der Waals surface area contributed by atoms with E-state index in [4.69, 9.17) is 9.52 Å². The lowest BCUT2D eigenvalue weighted by Crippen LogP contribution is -1.94. The molecule has 88 valence electrons. The van der Waals surface area contributed by atoms with Crippen LogP contribution < -0.4 is 0 Å². The summed E-state index contributed by atoms with van der Waals surface area (Å²) >= 11 is 0. The summed E-state index contributed by atoms with van der Waals surface area (Å²) in [6.07, 6.45) is 0. The van der Waals surface area contributed by atoms with Gasteiger partial charge in [0.05, 0.1) is 5.56 Å². The Hall–Kier alpha value is -2.55. The first-order valence-corrected chi connectivity index (χ1v) is 5.56. The van der Waals surface area contributed by atoms with Gasteiger partial charge in [-0.1, -0.05) is 30.3 Å². The van der Waals surface area contributed by atoms with Crippen LogP contribution in [-0.2, 0) is 0 Å². The molecule has 0 saturated heterocycles. The molecule has 0 radical (unpaired) electrons. The van der Waals surface area contributed by atoms with Crippen molar-refractivity contribution in [3.8, 4) is 11.3 Å². The summed E-state index contributed by atoms with van der Waals surface area (Å²) in [7, 11) is 0. The summed E-state index contributed by atoms with van der Waals surface area (Å²) in [6, 6.07) is 16.4. The number of hydrogen-bond acceptors (Lipinski definition) is 2. The third kappa shape index (κ3) is 1.76. The lowest BCUT2D eigenvalue weighted by molar-refractivity contribution is 0.0697. The molecule has 0 amide bonds. The molecular formula is C15H10O3. The quantitative estimate of drug-likeness (QED) is 0.738. The molecule has 1 heterocycles. The number of rotatable bonds is 2. The van der Waals surface area contributed by atoms with Gasteiger partial charge in [0.15, 0.2) is 0 Å². The van der Waals surface area contributed by atoms with E-state index in [2.05, 4.69) is 0 Å². The Morgan fingerprint density at radius 1 is 1.00 bits per heavy atom. The maximum Gasteiger partial charge on any atom is 0.335 e. The van der Waals surface area contributed by atoms with Crippen LogP contribution in [0.5, 0.6) is 0 Å². The second-order valence-electron chi connectivity index (χ2n) is 4.03. The largest absolute Gasteiger partial charge is 0.478 e. The molecule has 1 aromatic heterocycles. The summed E-state index contributed by atoms with van der Waals surface area (Å²) in [5, 5.41) is 9.87. The molecule has 2 aromatic carbocycles. The van der Waals surface area contributed by atoms with Crippen LogP contribution in [0.25, 0.3) is 22.3 Å². The normalized spacial score (nSPS) is 10.7. The highest BCUT2D eigenvalue weighted by molar-refractivity contribution is 5.88. The van der Waals surface area contributed by atoms with Crippen molar-refractivity contribution in [2.75, 3.05) is 0 Å². The van der Waals surface area contributed by atoms with E-state index in [1.54, 1.807) is 24.3 Å². The molecule has 3 aromatic rings. The van der Waals surface area contributed by atoms with Crippen LogP contribution in [0.2, 0.25) is 0 Å². The molecule has 3 nitrogen and oxygen atoms in total. The second-order valence-corrected chi connectivity index (χ2v) is 4.03. The molecule has 0 bridgehead atoms. The Bertz CT molecular complexity index is 675. The van der Waals surface area contributed by atoms with Crippen molar-refractivity contribution in [1.82, 2.24) is 0 Å². The van der Waals surface area contributed by atoms with E-state index in [-0.39, 0.29) is 5.56 Å². The van der Waals surface area contributed by atoms with Crippen molar-refractivity contribution in [2.45, 2.75) is 0 Å². The van der Waals surface area contributed by atoms with E-state index >= 15 is 0 Å². The SMILES string of the molecule is O=C(O)c1ccc(-c2cc3ccccc3o2)cc1. The molecule has 0 atom stereocenters. The lowest BCUT2D eigenvalue weighted by atomic mass is 10.1. The van der Waals surface area contributed by atoms with E-state index in [1.807, 2.05) is 30.3 Å². The van der Waals surface area contributed by atoms with E-state index in [9.17, 15) is 4.79 Å². The summed E-state index contributed by atoms with van der Waals surface area (Å²) < 4.78 is 5.71. The molecule has 0 saturated carbocycles. The van der Waals surface area contributed by atoms with Crippen molar-refractivity contribution in [3.63, 3.8) is 0 Å². The van der Waals surface area contributed by atoms with Gasteiger partial charge < -0.3 is 9.52 Å². The molecule has 0 fully saturated rings. The molecule has 0 spiro atoms. The zero-order valence-electron chi connectivity index (χ0n) is 9.46. The number of carbonyl (C=O) groups is 1. The first kappa shape index (κ1) is 10.6. The Morgan fingerprint density at radius 2 is 1.72 bits per heavy atom. The molecule has 0 aliphatic heterocycles. The number of aromatic carboxylic acids is 1. The van der Waals surface area contributed by atoms with Gasteiger partial charge in [-0.05, 0) is 24.3 Å². The van der Waals surface area contributed by atoms with Gasteiger partial charge in [-0.15, -0.1) is 0 Å². The van der Waals surface area contributed by atoms with Crippen molar-refractivity contribution < 1.29 is 14.3 Å². The topological polar surface area (TPSA) is 50.4 Å². The number of furan rings is 1. The smallest absolute Gasteiger partial charge is 0.335 e. The Balaban J connectivity index is 2.06. The molecule has 1 N–H and O–H groups in total. The third-order valence-electron chi connectivity index (χ3n) is 2.84. The standard InChI is InChI=1S/C15H10O3/c16-15(17)11-7-5-10(6-8-11)14-9-12-3-1-2-4-13(12)18-14/h1-9H,(H,16,17). The van der Waals surface area contributed by atoms with Gasteiger partial charge >= 0.3 is 5.97 Å². The maximum absolute atomic E-state index is 10.8. The van der Waals surface area contributed by atoms with Gasteiger partial charge in [-0.3, -0.25) is 0 Å². The number of benzene rings is 2. The van der Waals surface area contributed by atoms with Gasteiger partial charge in [0.2, 0.25) is 0 Å². The van der Waals surface area contributed by atoms with Crippen LogP contribution in [0.3, 0.4) is 0 Å². The number of carboxylic acids is 1. The van der Waals surface area contributed by atoms with Gasteiger partial charge in [0, 0.05) is 10.9 Å². The number of fused-ring (bicyclic) bond motifs is 1. The highest BCUT2D eigenvalue weighted by atomic mass is 16.4. The zero-order valence-corrected chi connectivity index (χ0v) is 9.46. The van der Waals surface area contributed by atoms with Crippen LogP contribution in [0.4, 0.5) is 0 Å². The minimum absolute atomic E-state index is 0.273. The average molecular weight is 238 g/mol. The Morgan fingerprint density at radius 3 is 2.39 bits per heavy atom. The molecule has 0 unspecified atom stereocenters. The molecule has 0 aliphatic rings. The van der Waals surface area contributed by atoms with Crippen molar-refractivity contribution >= 4 is 16.9 Å². The monoisotopic (exact) mass is 238 g/mol. The van der Waals surface area contributed by atoms with Crippen LogP contribution in [0.1, 0.15) is 10.4 Å². The second kappa shape index (κ2) is 4.04. The van der Waals surface area contributed by atoms with Gasteiger partial charge in [-0.2, -0.15) is 0 Å². The fourth-order valence-corrected chi connectivity index (χ4v) is 1.90. The minimum Gasteiger partial charge on any atom is -0.478 e. The maximum atomic E-state index is 10.8. The third-order valence-corrected chi connectivity index (χ3v) is 2.84. The van der Waals surface area contributed by atoms with Gasteiger partial charge in [0.25, 0.3) is 0 Å². The number of hydrogen-bond donors (Lipinski definition) is 1. The lowest BCUT2D eigenvalue weighted by Gasteiger charge is -1.97. The summed E-state index contributed by atoms with van der Waals surface area (Å²) in [4.78, 5) is 10.8. The Kier molecular flexibility index (Phi) is 2.38. The van der Waals surface area contributed by atoms with Crippen molar-refractivity contribution in [2.24, 2.45) is 0 Å². The van der Waals surface area contributed by atoms with Crippen LogP contribution in [0.15, 0.2) is 59.0 Å². The molecule has 18 heavy (non-hydrogen) atoms. The highest BCUT2D eigenvalue weighted by Gasteiger charge is 2.07. The van der Waals surface area contributed by atoms with Crippen LogP contribution in [0, 0.1) is 0 Å². The summed E-state index contributed by atoms with van der Waals surface area (Å²) in [5.74, 6) is -0.181. The van der Waals surface area contributed by atoms with Crippen LogP contribution >= 0.6 is 0 Å². The first-order valence-electron chi connectivity index (χ1n) is 5.56. The van der Waals surface area contributed by atoms with Gasteiger partial charge in [-0.25, -0.2) is 4.79 Å². The van der Waals surface area contributed by atoms with Crippen LogP contribution in [-0.4, -0.2) is 11.1 Å². The van der Waals surface area contributed by atoms with Crippen molar-refractivity contribution in [3.05, 3.63) is 60.2 Å². The van der Waals surface area contributed by atoms with E-state index in [0.29, 0.717) is 0 Å². The summed E-state index contributed by atoms with van der Waals surface area (Å²) in [6.45, 7) is 0. The first-order chi connectivity index (χ1) is 8.74. The predicted octanol–water partition coefficient (Wildman–Crippen LogP) is 3.80. The molecular weight excluding hydrogens is 228 g/mol. The average Bonchev–Trinajstić information content (AvgIpc) is 2.82. The van der Waals surface area contributed by atoms with E-state index in [1.165, 1.54) is 0 Å². The molecule has 0 aliphatic carbocycles. The zero-order chi connectivity index (χ0) is 12.5. The summed E-state index contributed by atoms with van der Waals surface area (Å²) in [5.41, 5.74) is 1.97.